The van der Waals surface area contributed by atoms with E-state index in [0.717, 1.165) is 27.7 Å². The first-order valence-electron chi connectivity index (χ1n) is 11.1. The van der Waals surface area contributed by atoms with E-state index in [1.54, 1.807) is 13.4 Å². The Hall–Kier alpha value is -4.72. The minimum atomic E-state index is 0.191. The summed E-state index contributed by atoms with van der Waals surface area (Å²) in [5.41, 5.74) is 5.10. The number of para-hydroxylation sites is 2. The largest absolute Gasteiger partial charge is 0.494 e. The number of nitrogens with one attached hydrogen (secondary N) is 1. The molecule has 3 aromatic carbocycles. The molecule has 0 aliphatic rings. The van der Waals surface area contributed by atoms with Crippen LogP contribution in [-0.4, -0.2) is 37.0 Å². The molecule has 5 aromatic rings. The third-order valence-electron chi connectivity index (χ3n) is 5.54. The molecule has 0 atom stereocenters. The highest BCUT2D eigenvalue weighted by molar-refractivity contribution is 6.01. The van der Waals surface area contributed by atoms with Gasteiger partial charge in [-0.2, -0.15) is 9.98 Å². The standard InChI is InChI=1S/C27H24N6O2/c1-33(2)19-14-12-18(13-15-19)26(32-31-23-10-6-7-11-25(23)34-3)30-27-29-24(17-35-27)21-16-28-22-9-5-4-8-20(21)22/h4-17,28H,1-3H3/b30-26-,32-31?. The van der Waals surface area contributed by atoms with E-state index >= 15 is 0 Å². The van der Waals surface area contributed by atoms with Crippen molar-refractivity contribution in [3.05, 3.63) is 90.8 Å². The average molecular weight is 465 g/mol. The normalized spacial score (nSPS) is 11.9. The lowest BCUT2D eigenvalue weighted by Gasteiger charge is -2.12. The number of methoxy groups -OCH3 is 1. The first-order chi connectivity index (χ1) is 17.1. The molecule has 174 valence electrons. The number of aliphatic imine (C=N–C) groups is 1. The monoisotopic (exact) mass is 464 g/mol. The fourth-order valence-electron chi connectivity index (χ4n) is 3.68. The SMILES string of the molecule is COc1ccccc1N=N/C(=N\c1nc(-c2c[nH]c3ccccc23)co1)c1ccc(N(C)C)cc1. The van der Waals surface area contributed by atoms with Crippen LogP contribution in [0, 0.1) is 0 Å². The van der Waals surface area contributed by atoms with Crippen molar-refractivity contribution in [3.63, 3.8) is 0 Å². The van der Waals surface area contributed by atoms with E-state index in [9.17, 15) is 0 Å². The van der Waals surface area contributed by atoms with Crippen LogP contribution in [0.1, 0.15) is 5.56 Å². The highest BCUT2D eigenvalue weighted by Crippen LogP contribution is 2.30. The second kappa shape index (κ2) is 9.64. The number of aromatic amines is 1. The molecule has 0 spiro atoms. The number of oxazole rings is 1. The number of nitrogens with zero attached hydrogens (tertiary/aromatic N) is 5. The van der Waals surface area contributed by atoms with Gasteiger partial charge < -0.3 is 19.0 Å². The van der Waals surface area contributed by atoms with Crippen molar-refractivity contribution in [1.29, 1.82) is 0 Å². The van der Waals surface area contributed by atoms with Crippen LogP contribution in [0.25, 0.3) is 22.2 Å². The third-order valence-corrected chi connectivity index (χ3v) is 5.54. The van der Waals surface area contributed by atoms with Gasteiger partial charge in [0.1, 0.15) is 23.4 Å². The van der Waals surface area contributed by atoms with Crippen molar-refractivity contribution < 1.29 is 9.15 Å². The van der Waals surface area contributed by atoms with Crippen LogP contribution in [0.4, 0.5) is 17.4 Å². The van der Waals surface area contributed by atoms with Crippen LogP contribution in [0.5, 0.6) is 5.75 Å². The van der Waals surface area contributed by atoms with Gasteiger partial charge in [0, 0.05) is 48.0 Å². The molecule has 0 fully saturated rings. The second-order valence-corrected chi connectivity index (χ2v) is 8.01. The minimum absolute atomic E-state index is 0.191. The lowest BCUT2D eigenvalue weighted by atomic mass is 10.1. The van der Waals surface area contributed by atoms with Crippen LogP contribution >= 0.6 is 0 Å². The molecular formula is C27H24N6O2. The number of aromatic nitrogens is 2. The van der Waals surface area contributed by atoms with Crippen molar-refractivity contribution >= 4 is 34.1 Å². The van der Waals surface area contributed by atoms with Gasteiger partial charge in [-0.3, -0.25) is 0 Å². The zero-order valence-corrected chi connectivity index (χ0v) is 19.6. The zero-order valence-electron chi connectivity index (χ0n) is 19.6. The molecule has 8 heteroatoms. The van der Waals surface area contributed by atoms with Crippen molar-refractivity contribution in [2.24, 2.45) is 15.2 Å². The summed E-state index contributed by atoms with van der Waals surface area (Å²) in [6, 6.07) is 23.5. The Kier molecular flexibility index (Phi) is 6.09. The van der Waals surface area contributed by atoms with Crippen molar-refractivity contribution in [1.82, 2.24) is 9.97 Å². The number of azo groups is 1. The molecule has 0 amide bonds. The van der Waals surface area contributed by atoms with E-state index < -0.39 is 0 Å². The predicted molar refractivity (Wildman–Crippen MR) is 138 cm³/mol. The molecule has 0 aliphatic heterocycles. The molecule has 0 aliphatic carbocycles. The maximum absolute atomic E-state index is 5.70. The Labute approximate surface area is 202 Å². The summed E-state index contributed by atoms with van der Waals surface area (Å²) < 4.78 is 11.1. The number of hydrogen-bond acceptors (Lipinski definition) is 6. The molecule has 2 aromatic heterocycles. The van der Waals surface area contributed by atoms with Crippen LogP contribution in [0.15, 0.2) is 105 Å². The number of anilines is 1. The Balaban J connectivity index is 1.53. The molecule has 1 N–H and O–H groups in total. The first kappa shape index (κ1) is 22.1. The van der Waals surface area contributed by atoms with E-state index in [0.29, 0.717) is 23.0 Å². The highest BCUT2D eigenvalue weighted by atomic mass is 16.5. The zero-order chi connectivity index (χ0) is 24.2. The maximum Gasteiger partial charge on any atom is 0.324 e. The van der Waals surface area contributed by atoms with Gasteiger partial charge in [0.2, 0.25) is 0 Å². The van der Waals surface area contributed by atoms with Gasteiger partial charge in [0.05, 0.1) is 7.11 Å². The quantitative estimate of drug-likeness (QED) is 0.171. The summed E-state index contributed by atoms with van der Waals surface area (Å²) >= 11 is 0. The number of hydrogen-bond donors (Lipinski definition) is 1. The van der Waals surface area contributed by atoms with E-state index in [1.165, 1.54) is 0 Å². The number of amidine groups is 1. The topological polar surface area (TPSA) is 91.4 Å². The summed E-state index contributed by atoms with van der Waals surface area (Å²) in [6.07, 6.45) is 3.51. The minimum Gasteiger partial charge on any atom is -0.494 e. The maximum atomic E-state index is 5.70. The van der Waals surface area contributed by atoms with Gasteiger partial charge in [0.15, 0.2) is 5.84 Å². The van der Waals surface area contributed by atoms with Gasteiger partial charge in [0.25, 0.3) is 0 Å². The van der Waals surface area contributed by atoms with Crippen LogP contribution in [0.3, 0.4) is 0 Å². The molecule has 35 heavy (non-hydrogen) atoms. The molecule has 0 saturated heterocycles. The Morgan fingerprint density at radius 3 is 2.54 bits per heavy atom. The van der Waals surface area contributed by atoms with E-state index in [2.05, 4.69) is 25.2 Å². The smallest absolute Gasteiger partial charge is 0.324 e. The fraction of sp³-hybridized carbons (Fsp3) is 0.111. The number of benzene rings is 3. The summed E-state index contributed by atoms with van der Waals surface area (Å²) in [7, 11) is 5.58. The van der Waals surface area contributed by atoms with Crippen molar-refractivity contribution in [2.75, 3.05) is 26.1 Å². The van der Waals surface area contributed by atoms with E-state index in [1.807, 2.05) is 98.0 Å². The van der Waals surface area contributed by atoms with Crippen molar-refractivity contribution in [3.8, 4) is 17.0 Å². The molecule has 8 nitrogen and oxygen atoms in total. The van der Waals surface area contributed by atoms with Crippen LogP contribution < -0.4 is 9.64 Å². The Bertz CT molecular complexity index is 1510. The van der Waals surface area contributed by atoms with Crippen LogP contribution in [-0.2, 0) is 0 Å². The number of fused-ring (bicyclic) bond motifs is 1. The molecule has 0 radical (unpaired) electrons. The lowest BCUT2D eigenvalue weighted by Crippen LogP contribution is -2.08. The molecule has 5 rings (SSSR count). The van der Waals surface area contributed by atoms with Gasteiger partial charge in [-0.05, 0) is 42.5 Å². The molecule has 0 saturated carbocycles. The predicted octanol–water partition coefficient (Wildman–Crippen LogP) is 6.76. The fourth-order valence-corrected chi connectivity index (χ4v) is 3.68. The summed E-state index contributed by atoms with van der Waals surface area (Å²) in [5.74, 6) is 0.991. The average Bonchev–Trinajstić information content (AvgIpc) is 3.53. The first-order valence-corrected chi connectivity index (χ1v) is 11.1. The Morgan fingerprint density at radius 1 is 0.971 bits per heavy atom. The molecule has 2 heterocycles. The molecular weight excluding hydrogens is 440 g/mol. The highest BCUT2D eigenvalue weighted by Gasteiger charge is 2.13. The van der Waals surface area contributed by atoms with Crippen molar-refractivity contribution in [2.45, 2.75) is 0 Å². The lowest BCUT2D eigenvalue weighted by molar-refractivity contribution is 0.416. The summed E-state index contributed by atoms with van der Waals surface area (Å²) in [6.45, 7) is 0. The molecule has 0 unspecified atom stereocenters. The number of ether oxygens (including phenoxy) is 1. The van der Waals surface area contributed by atoms with E-state index in [4.69, 9.17) is 9.15 Å². The molecule has 0 bridgehead atoms. The summed E-state index contributed by atoms with van der Waals surface area (Å²) in [5, 5.41) is 9.89. The second-order valence-electron chi connectivity index (χ2n) is 8.01. The van der Waals surface area contributed by atoms with Gasteiger partial charge in [-0.1, -0.05) is 30.3 Å². The van der Waals surface area contributed by atoms with Gasteiger partial charge in [-0.15, -0.1) is 10.2 Å². The Morgan fingerprint density at radius 2 is 1.74 bits per heavy atom. The number of H-pyrrole nitrogens is 1. The third kappa shape index (κ3) is 4.67. The summed E-state index contributed by atoms with van der Waals surface area (Å²) in [4.78, 5) is 14.5. The van der Waals surface area contributed by atoms with E-state index in [-0.39, 0.29) is 6.01 Å². The number of rotatable bonds is 6. The van der Waals surface area contributed by atoms with Crippen LogP contribution in [0.2, 0.25) is 0 Å². The van der Waals surface area contributed by atoms with Gasteiger partial charge in [-0.25, -0.2) is 0 Å². The van der Waals surface area contributed by atoms with Gasteiger partial charge >= 0.3 is 6.01 Å².